The van der Waals surface area contributed by atoms with E-state index < -0.39 is 0 Å². The Kier molecular flexibility index (Phi) is 25.6. The van der Waals surface area contributed by atoms with Crippen molar-refractivity contribution in [3.8, 4) is 114 Å². The Labute approximate surface area is 652 Å². The van der Waals surface area contributed by atoms with Crippen molar-refractivity contribution < 1.29 is 56.8 Å². The summed E-state index contributed by atoms with van der Waals surface area (Å²) in [6.07, 6.45) is 21.9. The summed E-state index contributed by atoms with van der Waals surface area (Å²) in [4.78, 5) is 19.1. The maximum atomic E-state index is 6.51. The smallest absolute Gasteiger partial charge is 0.123 e. The Bertz CT molecular complexity index is 4690. The fourth-order valence-corrected chi connectivity index (χ4v) is 12.7. The molecule has 562 valence electrons. The average Bonchev–Trinajstić information content (AvgIpc) is 1.61. The SMILES string of the molecule is C=CCOc1cc(COc2ccc(-c3c4nc(c(-c5ccc(OCc6cc(OCC=C)cc(OCC=C)c6)cc5)c5ccc([nH]5)c(-c5ccc(OCc6cc(OCC=C)cc(OCC=C)c6)cc5)c5nc(c(-c6ccc(OCc7cc(OCC=C)cc(OCC=C)c7)cc6)c6ccc3[nH]6)C=C5)C=C4)cc2)cc(OCC=C)c1. The molecule has 0 fully saturated rings. The number of aromatic amines is 2. The van der Waals surface area contributed by atoms with Gasteiger partial charge < -0.3 is 66.8 Å². The molecule has 0 aliphatic carbocycles. The van der Waals surface area contributed by atoms with E-state index in [1.165, 1.54) is 0 Å². The average molecular weight is 1490 g/mol. The first kappa shape index (κ1) is 76.1. The summed E-state index contributed by atoms with van der Waals surface area (Å²) in [6.45, 7) is 34.2. The molecule has 8 aromatic carbocycles. The number of hydrogen-bond donors (Lipinski definition) is 2. The van der Waals surface area contributed by atoms with Gasteiger partial charge in [-0.2, -0.15) is 0 Å². The van der Waals surface area contributed by atoms with Crippen LogP contribution >= 0.6 is 0 Å². The molecule has 0 amide bonds. The number of rotatable bonds is 40. The van der Waals surface area contributed by atoms with Gasteiger partial charge in [0.15, 0.2) is 0 Å². The van der Waals surface area contributed by atoms with E-state index in [1.807, 2.05) is 121 Å². The predicted octanol–water partition coefficient (Wildman–Crippen LogP) is 22.2. The topological polar surface area (TPSA) is 168 Å². The van der Waals surface area contributed by atoms with Crippen LogP contribution in [0, 0.1) is 0 Å². The van der Waals surface area contributed by atoms with Crippen molar-refractivity contribution in [1.82, 2.24) is 19.9 Å². The Morgan fingerprint density at radius 1 is 0.214 bits per heavy atom. The first-order valence-corrected chi connectivity index (χ1v) is 36.6. The molecule has 2 aliphatic heterocycles. The lowest BCUT2D eigenvalue weighted by Crippen LogP contribution is -2.01. The van der Waals surface area contributed by atoms with Crippen LogP contribution in [0.15, 0.2) is 295 Å². The number of H-pyrrole nitrogens is 2. The molecule has 0 radical (unpaired) electrons. The number of ether oxygens (including phenoxy) is 12. The summed E-state index contributed by atoms with van der Waals surface area (Å²) in [5, 5.41) is 0. The van der Waals surface area contributed by atoms with E-state index in [-0.39, 0.29) is 26.4 Å². The number of fused-ring (bicyclic) bond motifs is 8. The summed E-state index contributed by atoms with van der Waals surface area (Å²) in [6, 6.07) is 63.5. The summed E-state index contributed by atoms with van der Waals surface area (Å²) >= 11 is 0. The molecule has 11 aromatic rings. The summed E-state index contributed by atoms with van der Waals surface area (Å²) < 4.78 is 73.6. The third-order valence-corrected chi connectivity index (χ3v) is 17.6. The third-order valence-electron chi connectivity index (χ3n) is 17.6. The van der Waals surface area contributed by atoms with Crippen LogP contribution in [-0.4, -0.2) is 72.8 Å². The normalized spacial score (nSPS) is 11.1. The van der Waals surface area contributed by atoms with Crippen LogP contribution < -0.4 is 56.8 Å². The molecule has 0 spiro atoms. The molecule has 13 rings (SSSR count). The standard InChI is InChI=1S/C96H86N4O12/c1-9-41-101-77-49-65(50-78(57-77)102-42-10-2)61-109-73-25-17-69(18-26-73)93-85-33-35-87(97-85)94(70-19-27-74(28-20-70)110-62-66-51-79(103-43-11-3)58-80(52-66)104-44-12-4)89-37-39-91(99-89)96(72-23-31-76(32-24-72)112-64-68-55-83(107-47-15-7)60-84(56-68)108-48-16-8)92-40-38-90(100-92)95(88-36-34-86(93)98-88)71-21-29-75(30-22-71)111-63-67-53-81(105-45-13-5)59-82(54-67)106-46-14-6/h9-40,49-60,97,100H,1-8,41-48,61-64H2. The van der Waals surface area contributed by atoms with Gasteiger partial charge in [-0.3, -0.25) is 0 Å². The summed E-state index contributed by atoms with van der Waals surface area (Å²) in [5.41, 5.74) is 16.4. The van der Waals surface area contributed by atoms with E-state index in [0.29, 0.717) is 145 Å². The molecule has 112 heavy (non-hydrogen) atoms. The maximum Gasteiger partial charge on any atom is 0.123 e. The van der Waals surface area contributed by atoms with Gasteiger partial charge in [0.05, 0.1) is 22.8 Å². The largest absolute Gasteiger partial charge is 0.489 e. The highest BCUT2D eigenvalue weighted by Gasteiger charge is 2.21. The van der Waals surface area contributed by atoms with Gasteiger partial charge in [-0.1, -0.05) is 150 Å². The second kappa shape index (κ2) is 37.6. The molecule has 0 saturated carbocycles. The molecule has 2 N–H and O–H groups in total. The lowest BCUT2D eigenvalue weighted by molar-refractivity contribution is 0.301. The molecule has 0 unspecified atom stereocenters. The van der Waals surface area contributed by atoms with Crippen molar-refractivity contribution in [2.45, 2.75) is 26.4 Å². The number of aromatic nitrogens is 4. The molecule has 16 heteroatoms. The highest BCUT2D eigenvalue weighted by atomic mass is 16.5. The highest BCUT2D eigenvalue weighted by molar-refractivity contribution is 6.00. The molecular weight excluding hydrogens is 1400 g/mol. The lowest BCUT2D eigenvalue weighted by atomic mass is 10.0. The molecule has 8 bridgehead atoms. The number of benzene rings is 8. The molecule has 5 heterocycles. The predicted molar refractivity (Wildman–Crippen MR) is 449 cm³/mol. The van der Waals surface area contributed by atoms with E-state index >= 15 is 0 Å². The minimum atomic E-state index is 0.243. The van der Waals surface area contributed by atoms with Crippen LogP contribution in [0.2, 0.25) is 0 Å². The van der Waals surface area contributed by atoms with Crippen molar-refractivity contribution in [2.75, 3.05) is 52.9 Å². The molecule has 0 saturated heterocycles. The van der Waals surface area contributed by atoms with Crippen LogP contribution in [-0.2, 0) is 26.4 Å². The zero-order valence-corrected chi connectivity index (χ0v) is 62.3. The quantitative estimate of drug-likeness (QED) is 0.0348. The number of nitrogens with one attached hydrogen (secondary N) is 2. The first-order valence-electron chi connectivity index (χ1n) is 36.6. The van der Waals surface area contributed by atoms with Crippen LogP contribution in [0.3, 0.4) is 0 Å². The molecule has 2 aliphatic rings. The van der Waals surface area contributed by atoms with Crippen molar-refractivity contribution in [3.05, 3.63) is 340 Å². The molecule has 0 atom stereocenters. The van der Waals surface area contributed by atoms with E-state index in [1.54, 1.807) is 48.6 Å². The van der Waals surface area contributed by atoms with Gasteiger partial charge in [-0.25, -0.2) is 9.97 Å². The lowest BCUT2D eigenvalue weighted by Gasteiger charge is -2.13. The van der Waals surface area contributed by atoms with Crippen molar-refractivity contribution >= 4 is 46.4 Å². The highest BCUT2D eigenvalue weighted by Crippen LogP contribution is 2.41. The minimum Gasteiger partial charge on any atom is -0.489 e. The number of hydrogen-bond acceptors (Lipinski definition) is 14. The summed E-state index contributed by atoms with van der Waals surface area (Å²) in [5.74, 6) is 7.70. The van der Waals surface area contributed by atoms with Crippen LogP contribution in [0.25, 0.3) is 90.9 Å². The monoisotopic (exact) mass is 1490 g/mol. The zero-order valence-electron chi connectivity index (χ0n) is 62.3. The van der Waals surface area contributed by atoms with Crippen molar-refractivity contribution in [1.29, 1.82) is 0 Å². The van der Waals surface area contributed by atoms with Gasteiger partial charge in [0, 0.05) is 68.6 Å². The van der Waals surface area contributed by atoms with Crippen LogP contribution in [0.5, 0.6) is 69.0 Å². The van der Waals surface area contributed by atoms with E-state index in [9.17, 15) is 0 Å². The van der Waals surface area contributed by atoms with Gasteiger partial charge in [0.25, 0.3) is 0 Å². The van der Waals surface area contributed by atoms with E-state index in [2.05, 4.69) is 160 Å². The van der Waals surface area contributed by atoms with Gasteiger partial charge in [0.1, 0.15) is 148 Å². The first-order chi connectivity index (χ1) is 55.1. The molecular formula is C96H86N4O12. The maximum absolute atomic E-state index is 6.51. The third kappa shape index (κ3) is 19.6. The Morgan fingerprint density at radius 2 is 0.393 bits per heavy atom. The molecule has 3 aromatic heterocycles. The summed E-state index contributed by atoms with van der Waals surface area (Å²) in [7, 11) is 0. The van der Waals surface area contributed by atoms with Crippen molar-refractivity contribution in [2.24, 2.45) is 0 Å². The Hall–Kier alpha value is -14.1. The minimum absolute atomic E-state index is 0.243. The number of nitrogens with zero attached hydrogens (tertiary/aromatic N) is 2. The van der Waals surface area contributed by atoms with Gasteiger partial charge in [-0.05, 0) is 190 Å². The Balaban J connectivity index is 0.943. The van der Waals surface area contributed by atoms with Gasteiger partial charge >= 0.3 is 0 Å². The van der Waals surface area contributed by atoms with E-state index in [0.717, 1.165) is 88.8 Å². The van der Waals surface area contributed by atoms with Crippen LogP contribution in [0.1, 0.15) is 45.0 Å². The van der Waals surface area contributed by atoms with Gasteiger partial charge in [0.2, 0.25) is 0 Å². The van der Waals surface area contributed by atoms with Crippen LogP contribution in [0.4, 0.5) is 0 Å². The fourth-order valence-electron chi connectivity index (χ4n) is 12.7. The van der Waals surface area contributed by atoms with Crippen molar-refractivity contribution in [3.63, 3.8) is 0 Å². The van der Waals surface area contributed by atoms with Gasteiger partial charge in [-0.15, -0.1) is 0 Å². The second-order valence-corrected chi connectivity index (χ2v) is 25.8. The second-order valence-electron chi connectivity index (χ2n) is 25.8. The van der Waals surface area contributed by atoms with E-state index in [4.69, 9.17) is 66.8 Å². The zero-order chi connectivity index (χ0) is 77.4. The Morgan fingerprint density at radius 3 is 0.562 bits per heavy atom. The molecule has 16 nitrogen and oxygen atoms in total. The fraction of sp³-hybridized carbons (Fsp3) is 0.125.